The van der Waals surface area contributed by atoms with Crippen molar-refractivity contribution in [3.8, 4) is 11.8 Å². The fourth-order valence-corrected chi connectivity index (χ4v) is 1.65. The van der Waals surface area contributed by atoms with Crippen molar-refractivity contribution in [3.63, 3.8) is 0 Å². The van der Waals surface area contributed by atoms with Crippen LogP contribution >= 0.6 is 0 Å². The molecule has 0 fully saturated rings. The Kier molecular flexibility index (Phi) is 4.07. The van der Waals surface area contributed by atoms with Crippen molar-refractivity contribution in [3.05, 3.63) is 29.3 Å². The topological polar surface area (TPSA) is 50.1 Å². The summed E-state index contributed by atoms with van der Waals surface area (Å²) in [6, 6.07) is 7.46. The maximum atomic E-state index is 11.3. The summed E-state index contributed by atoms with van der Waals surface area (Å²) in [5.41, 5.74) is 1.76. The average molecular weight is 217 g/mol. The largest absolute Gasteiger partial charge is 0.496 e. The molecule has 1 aromatic carbocycles. The van der Waals surface area contributed by atoms with E-state index in [4.69, 9.17) is 10.00 Å². The monoisotopic (exact) mass is 217 g/mol. The quantitative estimate of drug-likeness (QED) is 0.778. The molecule has 0 heterocycles. The van der Waals surface area contributed by atoms with E-state index in [0.29, 0.717) is 0 Å². The summed E-state index contributed by atoms with van der Waals surface area (Å²) >= 11 is 0. The summed E-state index contributed by atoms with van der Waals surface area (Å²) in [6.45, 7) is 3.44. The predicted molar refractivity (Wildman–Crippen MR) is 61.4 cm³/mol. The first-order chi connectivity index (χ1) is 7.63. The second-order valence-corrected chi connectivity index (χ2v) is 3.60. The molecule has 1 rings (SSSR count). The molecule has 0 aromatic heterocycles. The number of nitrogens with zero attached hydrogens (tertiary/aromatic N) is 1. The van der Waals surface area contributed by atoms with Crippen LogP contribution in [0.4, 0.5) is 0 Å². The van der Waals surface area contributed by atoms with E-state index < -0.39 is 5.92 Å². The summed E-state index contributed by atoms with van der Waals surface area (Å²) < 4.78 is 5.20. The maximum absolute atomic E-state index is 11.3. The third-order valence-corrected chi connectivity index (χ3v) is 2.55. The Balaban J connectivity index is 3.17. The van der Waals surface area contributed by atoms with E-state index in [-0.39, 0.29) is 5.78 Å². The molecule has 0 saturated heterocycles. The average Bonchev–Trinajstić information content (AvgIpc) is 2.29. The third kappa shape index (κ3) is 2.40. The fourth-order valence-electron chi connectivity index (χ4n) is 1.65. The highest BCUT2D eigenvalue weighted by Crippen LogP contribution is 2.25. The van der Waals surface area contributed by atoms with Gasteiger partial charge in [-0.05, 0) is 30.5 Å². The van der Waals surface area contributed by atoms with Gasteiger partial charge in [-0.1, -0.05) is 19.1 Å². The highest BCUT2D eigenvalue weighted by Gasteiger charge is 2.16. The van der Waals surface area contributed by atoms with Crippen LogP contribution in [0, 0.1) is 11.3 Å². The normalized spacial score (nSPS) is 11.6. The van der Waals surface area contributed by atoms with E-state index in [9.17, 15) is 4.79 Å². The molecule has 0 saturated carbocycles. The molecule has 0 amide bonds. The van der Waals surface area contributed by atoms with Crippen molar-refractivity contribution in [1.82, 2.24) is 0 Å². The molecule has 0 bridgehead atoms. The standard InChI is InChI=1S/C13H15NO2/c1-4-10-7-11(5-6-13(10)16-3)12(8-14)9(2)15/h5-7,12H,4H2,1-3H3/t12-/m1/s1. The second-order valence-electron chi connectivity index (χ2n) is 3.60. The number of carbonyl (C=O) groups excluding carboxylic acids is 1. The van der Waals surface area contributed by atoms with Crippen LogP contribution in [0.5, 0.6) is 5.75 Å². The lowest BCUT2D eigenvalue weighted by Crippen LogP contribution is -2.07. The van der Waals surface area contributed by atoms with Gasteiger partial charge in [-0.15, -0.1) is 0 Å². The van der Waals surface area contributed by atoms with Crippen LogP contribution in [-0.4, -0.2) is 12.9 Å². The van der Waals surface area contributed by atoms with Gasteiger partial charge in [-0.2, -0.15) is 5.26 Å². The van der Waals surface area contributed by atoms with Gasteiger partial charge in [0, 0.05) is 0 Å². The van der Waals surface area contributed by atoms with Gasteiger partial charge in [-0.25, -0.2) is 0 Å². The van der Waals surface area contributed by atoms with Crippen LogP contribution in [0.2, 0.25) is 0 Å². The van der Waals surface area contributed by atoms with Crippen LogP contribution in [0.25, 0.3) is 0 Å². The maximum Gasteiger partial charge on any atom is 0.151 e. The van der Waals surface area contributed by atoms with E-state index >= 15 is 0 Å². The SMILES string of the molecule is CCc1cc([C@H](C#N)C(C)=O)ccc1OC. The van der Waals surface area contributed by atoms with Crippen LogP contribution < -0.4 is 4.74 Å². The Labute approximate surface area is 95.7 Å². The summed E-state index contributed by atoms with van der Waals surface area (Å²) in [6.07, 6.45) is 0.813. The molecule has 1 aromatic rings. The number of benzene rings is 1. The number of methoxy groups -OCH3 is 1. The van der Waals surface area contributed by atoms with E-state index in [1.54, 1.807) is 19.2 Å². The minimum absolute atomic E-state index is 0.130. The van der Waals surface area contributed by atoms with Crippen molar-refractivity contribution in [2.24, 2.45) is 0 Å². The van der Waals surface area contributed by atoms with Gasteiger partial charge >= 0.3 is 0 Å². The number of rotatable bonds is 4. The highest BCUT2D eigenvalue weighted by atomic mass is 16.5. The van der Waals surface area contributed by atoms with Gasteiger partial charge < -0.3 is 4.74 Å². The van der Waals surface area contributed by atoms with Gasteiger partial charge in [0.2, 0.25) is 0 Å². The Hall–Kier alpha value is -1.82. The molecule has 0 N–H and O–H groups in total. The second kappa shape index (κ2) is 5.32. The summed E-state index contributed by atoms with van der Waals surface area (Å²) in [5, 5.41) is 8.94. The molecule has 84 valence electrons. The number of hydrogen-bond acceptors (Lipinski definition) is 3. The Morgan fingerprint density at radius 1 is 1.56 bits per heavy atom. The molecular weight excluding hydrogens is 202 g/mol. The number of nitriles is 1. The molecule has 0 aliphatic rings. The van der Waals surface area contributed by atoms with E-state index in [1.165, 1.54) is 6.92 Å². The van der Waals surface area contributed by atoms with Gasteiger partial charge in [-0.3, -0.25) is 4.79 Å². The van der Waals surface area contributed by atoms with Gasteiger partial charge in [0.05, 0.1) is 13.2 Å². The predicted octanol–water partition coefficient (Wildman–Crippen LogP) is 2.45. The van der Waals surface area contributed by atoms with E-state index in [0.717, 1.165) is 23.3 Å². The van der Waals surface area contributed by atoms with Crippen molar-refractivity contribution in [2.45, 2.75) is 26.2 Å². The highest BCUT2D eigenvalue weighted by molar-refractivity contribution is 5.86. The first-order valence-electron chi connectivity index (χ1n) is 5.20. The lowest BCUT2D eigenvalue weighted by molar-refractivity contribution is -0.117. The smallest absolute Gasteiger partial charge is 0.151 e. The molecule has 16 heavy (non-hydrogen) atoms. The van der Waals surface area contributed by atoms with Gasteiger partial charge in [0.15, 0.2) is 5.78 Å². The molecule has 3 heteroatoms. The Morgan fingerprint density at radius 3 is 2.69 bits per heavy atom. The molecular formula is C13H15NO2. The van der Waals surface area contributed by atoms with Crippen molar-refractivity contribution >= 4 is 5.78 Å². The Bertz CT molecular complexity index is 432. The number of ether oxygens (including phenoxy) is 1. The molecule has 3 nitrogen and oxygen atoms in total. The zero-order valence-electron chi connectivity index (χ0n) is 9.78. The number of carbonyl (C=O) groups is 1. The minimum atomic E-state index is -0.670. The van der Waals surface area contributed by atoms with Gasteiger partial charge in [0.1, 0.15) is 11.7 Å². The van der Waals surface area contributed by atoms with Crippen LogP contribution in [0.1, 0.15) is 30.9 Å². The van der Waals surface area contributed by atoms with Crippen LogP contribution in [-0.2, 0) is 11.2 Å². The van der Waals surface area contributed by atoms with Crippen molar-refractivity contribution < 1.29 is 9.53 Å². The zero-order valence-corrected chi connectivity index (χ0v) is 9.78. The number of hydrogen-bond donors (Lipinski definition) is 0. The number of Topliss-reactive ketones (excluding diaryl/α,β-unsaturated/α-hetero) is 1. The lowest BCUT2D eigenvalue weighted by Gasteiger charge is -2.11. The van der Waals surface area contributed by atoms with Crippen molar-refractivity contribution in [1.29, 1.82) is 5.26 Å². The van der Waals surface area contributed by atoms with Crippen LogP contribution in [0.3, 0.4) is 0 Å². The lowest BCUT2D eigenvalue weighted by atomic mass is 9.94. The van der Waals surface area contributed by atoms with E-state index in [1.807, 2.05) is 19.1 Å². The minimum Gasteiger partial charge on any atom is -0.496 e. The number of aryl methyl sites for hydroxylation is 1. The van der Waals surface area contributed by atoms with Crippen molar-refractivity contribution in [2.75, 3.05) is 7.11 Å². The molecule has 0 unspecified atom stereocenters. The zero-order chi connectivity index (χ0) is 12.1. The molecule has 0 aliphatic heterocycles. The molecule has 0 radical (unpaired) electrons. The molecule has 0 aliphatic carbocycles. The first kappa shape index (κ1) is 12.3. The third-order valence-electron chi connectivity index (χ3n) is 2.55. The summed E-state index contributed by atoms with van der Waals surface area (Å²) in [7, 11) is 1.61. The summed E-state index contributed by atoms with van der Waals surface area (Å²) in [5.74, 6) is -0.00239. The Morgan fingerprint density at radius 2 is 2.25 bits per heavy atom. The first-order valence-corrected chi connectivity index (χ1v) is 5.20. The fraction of sp³-hybridized carbons (Fsp3) is 0.385. The summed E-state index contributed by atoms with van der Waals surface area (Å²) in [4.78, 5) is 11.3. The van der Waals surface area contributed by atoms with E-state index in [2.05, 4.69) is 0 Å². The van der Waals surface area contributed by atoms with Crippen LogP contribution in [0.15, 0.2) is 18.2 Å². The van der Waals surface area contributed by atoms with Gasteiger partial charge in [0.25, 0.3) is 0 Å². The molecule has 1 atom stereocenters. The molecule has 0 spiro atoms. The number of ketones is 1.